The van der Waals surface area contributed by atoms with E-state index < -0.39 is 0 Å². The molecule has 25 heavy (non-hydrogen) atoms. The molecule has 3 aliphatic rings. The summed E-state index contributed by atoms with van der Waals surface area (Å²) in [5, 5.41) is 10.4. The van der Waals surface area contributed by atoms with Crippen LogP contribution in [-0.2, 0) is 0 Å². The first kappa shape index (κ1) is 16.9. The van der Waals surface area contributed by atoms with Crippen LogP contribution in [0.2, 0.25) is 0 Å². The number of carbonyl (C=O) groups excluding carboxylic acids is 1. The minimum Gasteiger partial charge on any atom is -0.496 e. The summed E-state index contributed by atoms with van der Waals surface area (Å²) in [5.74, 6) is 1.84. The fourth-order valence-electron chi connectivity index (χ4n) is 4.83. The lowest BCUT2D eigenvalue weighted by Crippen LogP contribution is -2.45. The summed E-state index contributed by atoms with van der Waals surface area (Å²) in [5.41, 5.74) is 1.96. The first-order valence-corrected chi connectivity index (χ1v) is 9.86. The number of benzene rings is 1. The van der Waals surface area contributed by atoms with Crippen molar-refractivity contribution >= 4 is 5.91 Å². The van der Waals surface area contributed by atoms with Gasteiger partial charge in [-0.2, -0.15) is 0 Å². The zero-order chi connectivity index (χ0) is 17.4. The molecule has 3 fully saturated rings. The van der Waals surface area contributed by atoms with Gasteiger partial charge >= 0.3 is 0 Å². The summed E-state index contributed by atoms with van der Waals surface area (Å²) in [6, 6.07) is 6.10. The Balaban J connectivity index is 1.56. The largest absolute Gasteiger partial charge is 0.496 e. The number of ether oxygens (including phenoxy) is 1. The van der Waals surface area contributed by atoms with Crippen LogP contribution in [0.1, 0.15) is 73.2 Å². The normalized spacial score (nSPS) is 29.7. The second-order valence-electron chi connectivity index (χ2n) is 7.95. The van der Waals surface area contributed by atoms with Gasteiger partial charge in [0, 0.05) is 24.1 Å². The molecule has 2 aliphatic carbocycles. The van der Waals surface area contributed by atoms with E-state index in [4.69, 9.17) is 4.74 Å². The summed E-state index contributed by atoms with van der Waals surface area (Å²) in [4.78, 5) is 15.2. The highest BCUT2D eigenvalue weighted by molar-refractivity contribution is 5.95. The molecule has 0 unspecified atom stereocenters. The fourth-order valence-corrected chi connectivity index (χ4v) is 4.83. The maximum Gasteiger partial charge on any atom is 0.254 e. The molecule has 0 spiro atoms. The second kappa shape index (κ2) is 6.99. The molecule has 1 aliphatic heterocycles. The van der Waals surface area contributed by atoms with E-state index in [9.17, 15) is 9.90 Å². The van der Waals surface area contributed by atoms with E-state index in [2.05, 4.69) is 0 Å². The molecule has 4 nitrogen and oxygen atoms in total. The van der Waals surface area contributed by atoms with Crippen molar-refractivity contribution in [2.24, 2.45) is 5.92 Å². The van der Waals surface area contributed by atoms with Crippen molar-refractivity contribution in [3.63, 3.8) is 0 Å². The van der Waals surface area contributed by atoms with Crippen LogP contribution in [0.3, 0.4) is 0 Å². The number of amides is 1. The Kier molecular flexibility index (Phi) is 4.72. The van der Waals surface area contributed by atoms with Crippen LogP contribution in [0, 0.1) is 5.92 Å². The van der Waals surface area contributed by atoms with Gasteiger partial charge in [0.1, 0.15) is 5.75 Å². The molecule has 136 valence electrons. The molecule has 4 rings (SSSR count). The zero-order valence-corrected chi connectivity index (χ0v) is 15.1. The first-order valence-electron chi connectivity index (χ1n) is 9.86. The highest BCUT2D eigenvalue weighted by atomic mass is 16.5. The van der Waals surface area contributed by atoms with Crippen molar-refractivity contribution in [2.75, 3.05) is 13.7 Å². The number of carbonyl (C=O) groups is 1. The van der Waals surface area contributed by atoms with Gasteiger partial charge in [-0.25, -0.2) is 0 Å². The molecule has 0 radical (unpaired) electrons. The van der Waals surface area contributed by atoms with Gasteiger partial charge in [-0.3, -0.25) is 4.79 Å². The van der Waals surface area contributed by atoms with Crippen molar-refractivity contribution in [2.45, 2.75) is 69.4 Å². The third-order valence-electron chi connectivity index (χ3n) is 6.33. The third-order valence-corrected chi connectivity index (χ3v) is 6.33. The number of hydrogen-bond donors (Lipinski definition) is 1. The Morgan fingerprint density at radius 2 is 1.92 bits per heavy atom. The van der Waals surface area contributed by atoms with Crippen LogP contribution in [0.25, 0.3) is 0 Å². The monoisotopic (exact) mass is 343 g/mol. The van der Waals surface area contributed by atoms with Crippen LogP contribution >= 0.6 is 0 Å². The SMILES string of the molecule is COc1ccc(C(=O)N2CCC[C@@H]2[C@H]2CCCC[C@H]2O)cc1C1CC1. The number of aliphatic hydroxyl groups is 1. The number of likely N-dealkylation sites (tertiary alicyclic amines) is 1. The summed E-state index contributed by atoms with van der Waals surface area (Å²) in [6.45, 7) is 0.817. The quantitative estimate of drug-likeness (QED) is 0.906. The van der Waals surface area contributed by atoms with Gasteiger partial charge in [0.05, 0.1) is 13.2 Å². The Labute approximate surface area is 150 Å². The Morgan fingerprint density at radius 1 is 1.12 bits per heavy atom. The molecule has 3 atom stereocenters. The second-order valence-corrected chi connectivity index (χ2v) is 7.95. The van der Waals surface area contributed by atoms with Gasteiger partial charge in [0.15, 0.2) is 0 Å². The molecule has 4 heteroatoms. The first-order chi connectivity index (χ1) is 12.2. The molecule has 0 aromatic heterocycles. The molecule has 0 bridgehead atoms. The lowest BCUT2D eigenvalue weighted by molar-refractivity contribution is 0.0211. The van der Waals surface area contributed by atoms with Gasteiger partial charge in [-0.15, -0.1) is 0 Å². The van der Waals surface area contributed by atoms with Gasteiger partial charge in [0.2, 0.25) is 0 Å². The minimum absolute atomic E-state index is 0.129. The summed E-state index contributed by atoms with van der Waals surface area (Å²) in [7, 11) is 1.70. The average molecular weight is 343 g/mol. The van der Waals surface area contributed by atoms with E-state index in [1.807, 2.05) is 23.1 Å². The smallest absolute Gasteiger partial charge is 0.254 e. The number of aliphatic hydroxyl groups excluding tert-OH is 1. The van der Waals surface area contributed by atoms with E-state index in [-0.39, 0.29) is 24.0 Å². The fraction of sp³-hybridized carbons (Fsp3) is 0.667. The molecular formula is C21H29NO3. The maximum atomic E-state index is 13.2. The van der Waals surface area contributed by atoms with E-state index in [1.54, 1.807) is 7.11 Å². The summed E-state index contributed by atoms with van der Waals surface area (Å²) in [6.07, 6.45) is 8.43. The van der Waals surface area contributed by atoms with Crippen molar-refractivity contribution < 1.29 is 14.6 Å². The molecule has 1 heterocycles. The van der Waals surface area contributed by atoms with Crippen molar-refractivity contribution in [3.05, 3.63) is 29.3 Å². The lowest BCUT2D eigenvalue weighted by Gasteiger charge is -2.37. The van der Waals surface area contributed by atoms with E-state index in [0.29, 0.717) is 5.92 Å². The van der Waals surface area contributed by atoms with Crippen molar-refractivity contribution in [1.82, 2.24) is 4.90 Å². The maximum absolute atomic E-state index is 13.2. The Bertz CT molecular complexity index is 640. The highest BCUT2D eigenvalue weighted by Crippen LogP contribution is 2.45. The predicted molar refractivity (Wildman–Crippen MR) is 97.0 cm³/mol. The van der Waals surface area contributed by atoms with Gasteiger partial charge < -0.3 is 14.7 Å². The number of hydrogen-bond acceptors (Lipinski definition) is 3. The summed E-state index contributed by atoms with van der Waals surface area (Å²) < 4.78 is 5.48. The number of rotatable bonds is 4. The molecule has 1 N–H and O–H groups in total. The number of nitrogens with zero attached hydrogens (tertiary/aromatic N) is 1. The lowest BCUT2D eigenvalue weighted by atomic mass is 9.80. The van der Waals surface area contributed by atoms with Gasteiger partial charge in [-0.1, -0.05) is 12.8 Å². The zero-order valence-electron chi connectivity index (χ0n) is 15.1. The molecule has 1 saturated heterocycles. The van der Waals surface area contributed by atoms with Gasteiger partial charge in [-0.05, 0) is 68.2 Å². The topological polar surface area (TPSA) is 49.8 Å². The van der Waals surface area contributed by atoms with Crippen LogP contribution in [0.4, 0.5) is 0 Å². The highest BCUT2D eigenvalue weighted by Gasteiger charge is 2.39. The Hall–Kier alpha value is -1.55. The molecular weight excluding hydrogens is 314 g/mol. The van der Waals surface area contributed by atoms with Crippen molar-refractivity contribution in [1.29, 1.82) is 0 Å². The molecule has 1 amide bonds. The van der Waals surface area contributed by atoms with Gasteiger partial charge in [0.25, 0.3) is 5.91 Å². The van der Waals surface area contributed by atoms with Crippen LogP contribution in [0.5, 0.6) is 5.75 Å². The van der Waals surface area contributed by atoms with Crippen LogP contribution in [-0.4, -0.2) is 41.7 Å². The minimum atomic E-state index is -0.245. The Morgan fingerprint density at radius 3 is 2.64 bits per heavy atom. The standard InChI is InChI=1S/C21H29NO3/c1-25-20-11-10-15(13-17(20)14-8-9-14)21(24)22-12-4-6-18(22)16-5-2-3-7-19(16)23/h10-11,13-14,16,18-19,23H,2-9,12H2,1H3/t16-,18-,19-/m1/s1. The molecule has 2 saturated carbocycles. The van der Waals surface area contributed by atoms with Crippen LogP contribution < -0.4 is 4.74 Å². The molecule has 1 aromatic carbocycles. The van der Waals surface area contributed by atoms with E-state index >= 15 is 0 Å². The van der Waals surface area contributed by atoms with Crippen LogP contribution in [0.15, 0.2) is 18.2 Å². The van der Waals surface area contributed by atoms with E-state index in [0.717, 1.165) is 50.0 Å². The number of methoxy groups -OCH3 is 1. The molecule has 1 aromatic rings. The summed E-state index contributed by atoms with van der Waals surface area (Å²) >= 11 is 0. The van der Waals surface area contributed by atoms with Crippen molar-refractivity contribution in [3.8, 4) is 5.75 Å². The average Bonchev–Trinajstić information content (AvgIpc) is 3.38. The van der Waals surface area contributed by atoms with E-state index in [1.165, 1.54) is 24.8 Å². The third kappa shape index (κ3) is 3.29. The predicted octanol–water partition coefficient (Wildman–Crippen LogP) is 3.73.